The summed E-state index contributed by atoms with van der Waals surface area (Å²) in [4.78, 5) is 12.7. The van der Waals surface area contributed by atoms with Crippen molar-refractivity contribution in [3.8, 4) is 0 Å². The molecule has 0 saturated heterocycles. The van der Waals surface area contributed by atoms with E-state index in [1.807, 2.05) is 7.05 Å². The second-order valence-electron chi connectivity index (χ2n) is 9.81. The fraction of sp³-hybridized carbons (Fsp3) is 0.864. The molecule has 0 radical (unpaired) electrons. The molecule has 0 spiro atoms. The number of nitrogens with one attached hydrogen (secondary N) is 1. The number of allylic oxidation sites excluding steroid dienone is 1. The van der Waals surface area contributed by atoms with E-state index in [1.54, 1.807) is 5.57 Å². The van der Waals surface area contributed by atoms with Gasteiger partial charge in [0.15, 0.2) is 0 Å². The van der Waals surface area contributed by atoms with E-state index in [2.05, 4.69) is 32.2 Å². The van der Waals surface area contributed by atoms with Crippen LogP contribution in [-0.4, -0.2) is 30.1 Å². The van der Waals surface area contributed by atoms with Gasteiger partial charge in [-0.2, -0.15) is 0 Å². The maximum Gasteiger partial charge on any atom is 0.136 e. The summed E-state index contributed by atoms with van der Waals surface area (Å²) in [6, 6.07) is 0.197. The molecule has 0 amide bonds. The molecule has 3 heteroatoms. The minimum Gasteiger partial charge on any atom is -0.391 e. The van der Waals surface area contributed by atoms with Crippen molar-refractivity contribution in [1.82, 2.24) is 5.32 Å². The van der Waals surface area contributed by atoms with E-state index < -0.39 is 0 Å². The van der Waals surface area contributed by atoms with Gasteiger partial charge >= 0.3 is 0 Å². The summed E-state index contributed by atoms with van der Waals surface area (Å²) in [5.41, 5.74) is 1.92. The molecule has 0 aromatic heterocycles. The van der Waals surface area contributed by atoms with Crippen LogP contribution in [0.1, 0.15) is 65.7 Å². The van der Waals surface area contributed by atoms with Crippen molar-refractivity contribution < 1.29 is 9.90 Å². The summed E-state index contributed by atoms with van der Waals surface area (Å²) in [6.45, 7) is 7.00. The Morgan fingerprint density at radius 2 is 2.04 bits per heavy atom. The van der Waals surface area contributed by atoms with Crippen LogP contribution in [-0.2, 0) is 4.79 Å². The number of fused-ring (bicyclic) bond motifs is 5. The molecule has 0 aromatic rings. The van der Waals surface area contributed by atoms with Gasteiger partial charge in [-0.15, -0.1) is 0 Å². The van der Waals surface area contributed by atoms with Crippen molar-refractivity contribution >= 4 is 5.78 Å². The Labute approximate surface area is 152 Å². The van der Waals surface area contributed by atoms with Crippen LogP contribution in [0.5, 0.6) is 0 Å². The third-order valence-corrected chi connectivity index (χ3v) is 8.99. The van der Waals surface area contributed by atoms with E-state index in [0.717, 1.165) is 32.1 Å². The molecule has 3 nitrogen and oxygen atoms in total. The lowest BCUT2D eigenvalue weighted by molar-refractivity contribution is -0.122. The zero-order valence-electron chi connectivity index (χ0n) is 16.3. The van der Waals surface area contributed by atoms with Gasteiger partial charge in [0.05, 0.1) is 6.10 Å². The molecule has 0 heterocycles. The van der Waals surface area contributed by atoms with Crippen LogP contribution < -0.4 is 5.32 Å². The van der Waals surface area contributed by atoms with Gasteiger partial charge in [-0.05, 0) is 74.2 Å². The van der Waals surface area contributed by atoms with Crippen molar-refractivity contribution in [2.75, 3.05) is 7.05 Å². The molecule has 25 heavy (non-hydrogen) atoms. The Kier molecular flexibility index (Phi) is 4.20. The molecule has 0 aromatic carbocycles. The van der Waals surface area contributed by atoms with Crippen LogP contribution in [0.2, 0.25) is 0 Å². The summed E-state index contributed by atoms with van der Waals surface area (Å²) in [5.74, 6) is 2.63. The number of aliphatic hydroxyl groups is 1. The Bertz CT molecular complexity index is 599. The highest BCUT2D eigenvalue weighted by molar-refractivity contribution is 5.84. The molecule has 3 saturated carbocycles. The number of aliphatic hydroxyl groups excluding tert-OH is 1. The third-order valence-electron chi connectivity index (χ3n) is 8.99. The Morgan fingerprint density at radius 3 is 2.72 bits per heavy atom. The third kappa shape index (κ3) is 2.34. The average molecular weight is 346 g/mol. The predicted molar refractivity (Wildman–Crippen MR) is 100 cm³/mol. The quantitative estimate of drug-likeness (QED) is 0.750. The van der Waals surface area contributed by atoms with Gasteiger partial charge in [0.25, 0.3) is 0 Å². The van der Waals surface area contributed by atoms with Gasteiger partial charge < -0.3 is 10.4 Å². The van der Waals surface area contributed by atoms with E-state index in [9.17, 15) is 9.90 Å². The highest BCUT2D eigenvalue weighted by atomic mass is 16.3. The van der Waals surface area contributed by atoms with Crippen LogP contribution in [0.15, 0.2) is 11.6 Å². The van der Waals surface area contributed by atoms with Crippen molar-refractivity contribution in [2.45, 2.75) is 77.9 Å². The van der Waals surface area contributed by atoms with Crippen molar-refractivity contribution in [1.29, 1.82) is 0 Å². The number of Topliss-reactive ketones (excluding diaryl/α,β-unsaturated/α-hetero) is 1. The SMILES string of the molecule is CC[C@H]1C(=O)C[C@H]2[C@@H]3CC=C4C[C@@H](NC)[C@H](O)C[C@]4(C)[C@H]3CC[C@]12C. The maximum absolute atomic E-state index is 12.7. The Hall–Kier alpha value is -0.670. The van der Waals surface area contributed by atoms with Crippen LogP contribution in [0.4, 0.5) is 0 Å². The number of hydrogen-bond donors (Lipinski definition) is 2. The monoisotopic (exact) mass is 345 g/mol. The predicted octanol–water partition coefficient (Wildman–Crippen LogP) is 3.71. The number of carbonyl (C=O) groups is 1. The molecule has 140 valence electrons. The standard InChI is InChI=1S/C22H35NO2/c1-5-15-19(24)11-17-14-7-6-13-10-18(23-4)20(25)12-22(13,3)16(14)8-9-21(15,17)2/h6,14-18,20,23,25H,5,7-12H2,1-4H3/t14-,15+,16+,17+,18-,20-,21-,22+/m1/s1. The molecule has 8 atom stereocenters. The minimum atomic E-state index is -0.257. The first-order valence-corrected chi connectivity index (χ1v) is 10.4. The van der Waals surface area contributed by atoms with E-state index >= 15 is 0 Å². The lowest BCUT2D eigenvalue weighted by Crippen LogP contribution is -2.54. The van der Waals surface area contributed by atoms with Crippen molar-refractivity contribution in [3.05, 3.63) is 11.6 Å². The van der Waals surface area contributed by atoms with E-state index in [-0.39, 0.29) is 28.9 Å². The number of hydrogen-bond acceptors (Lipinski definition) is 3. The van der Waals surface area contributed by atoms with E-state index in [0.29, 0.717) is 23.5 Å². The molecule has 0 bridgehead atoms. The normalized spacial score (nSPS) is 52.2. The first-order valence-electron chi connectivity index (χ1n) is 10.4. The molecule has 0 unspecified atom stereocenters. The molecule has 4 aliphatic carbocycles. The molecular formula is C22H35NO2. The van der Waals surface area contributed by atoms with Gasteiger partial charge in [-0.25, -0.2) is 0 Å². The molecule has 3 fully saturated rings. The van der Waals surface area contributed by atoms with Crippen molar-refractivity contribution in [2.24, 2.45) is 34.5 Å². The average Bonchev–Trinajstić information content (AvgIpc) is 2.83. The summed E-state index contributed by atoms with van der Waals surface area (Å²) in [6.07, 6.45) is 9.47. The number of carbonyl (C=O) groups excluding carboxylic acids is 1. The first-order chi connectivity index (χ1) is 11.8. The van der Waals surface area contributed by atoms with E-state index in [1.165, 1.54) is 12.8 Å². The zero-order chi connectivity index (χ0) is 18.0. The number of ketones is 1. The van der Waals surface area contributed by atoms with Gasteiger partial charge in [-0.1, -0.05) is 32.4 Å². The topological polar surface area (TPSA) is 49.3 Å². The lowest BCUT2D eigenvalue weighted by Gasteiger charge is -2.58. The maximum atomic E-state index is 12.7. The van der Waals surface area contributed by atoms with Gasteiger partial charge in [0.1, 0.15) is 5.78 Å². The summed E-state index contributed by atoms with van der Waals surface area (Å²) in [7, 11) is 1.96. The Balaban J connectivity index is 1.67. The molecular weight excluding hydrogens is 310 g/mol. The van der Waals surface area contributed by atoms with Crippen LogP contribution in [0.25, 0.3) is 0 Å². The van der Waals surface area contributed by atoms with Crippen LogP contribution in [0.3, 0.4) is 0 Å². The zero-order valence-corrected chi connectivity index (χ0v) is 16.3. The van der Waals surface area contributed by atoms with E-state index in [4.69, 9.17) is 0 Å². The summed E-state index contributed by atoms with van der Waals surface area (Å²) < 4.78 is 0. The van der Waals surface area contributed by atoms with Crippen LogP contribution in [0, 0.1) is 34.5 Å². The molecule has 4 rings (SSSR count). The largest absolute Gasteiger partial charge is 0.391 e. The van der Waals surface area contributed by atoms with Gasteiger partial charge in [-0.3, -0.25) is 4.79 Å². The van der Waals surface area contributed by atoms with Gasteiger partial charge in [0.2, 0.25) is 0 Å². The van der Waals surface area contributed by atoms with Crippen LogP contribution >= 0.6 is 0 Å². The van der Waals surface area contributed by atoms with Crippen molar-refractivity contribution in [3.63, 3.8) is 0 Å². The molecule has 2 N–H and O–H groups in total. The second kappa shape index (κ2) is 5.92. The lowest BCUT2D eigenvalue weighted by atomic mass is 9.47. The number of likely N-dealkylation sites (N-methyl/N-ethyl adjacent to an activating group) is 1. The molecule has 0 aliphatic heterocycles. The number of rotatable bonds is 2. The fourth-order valence-electron chi connectivity index (χ4n) is 7.59. The minimum absolute atomic E-state index is 0.129. The smallest absolute Gasteiger partial charge is 0.136 e. The Morgan fingerprint density at radius 1 is 1.28 bits per heavy atom. The second-order valence-corrected chi connectivity index (χ2v) is 9.81. The van der Waals surface area contributed by atoms with Gasteiger partial charge in [0, 0.05) is 18.4 Å². The highest BCUT2D eigenvalue weighted by Crippen LogP contribution is 2.65. The first kappa shape index (κ1) is 17.7. The summed E-state index contributed by atoms with van der Waals surface area (Å²) >= 11 is 0. The molecule has 4 aliphatic rings. The highest BCUT2D eigenvalue weighted by Gasteiger charge is 2.61. The summed E-state index contributed by atoms with van der Waals surface area (Å²) in [5, 5.41) is 14.0. The fourth-order valence-corrected chi connectivity index (χ4v) is 7.59.